The number of aliphatic carboxylic acids is 1. The van der Waals surface area contributed by atoms with E-state index in [4.69, 9.17) is 17.6 Å². The Morgan fingerprint density at radius 2 is 1.82 bits per heavy atom. The number of anilines is 1. The number of halogens is 1. The van der Waals surface area contributed by atoms with Crippen molar-refractivity contribution in [3.63, 3.8) is 0 Å². The van der Waals surface area contributed by atoms with E-state index in [2.05, 4.69) is 10.6 Å². The van der Waals surface area contributed by atoms with Gasteiger partial charge in [-0.05, 0) is 36.5 Å². The van der Waals surface area contributed by atoms with Gasteiger partial charge in [-0.15, -0.1) is 0 Å². The molecule has 0 aliphatic heterocycles. The minimum absolute atomic E-state index is 0.0316. The minimum Gasteiger partial charge on any atom is -0.481 e. The highest BCUT2D eigenvalue weighted by atomic mass is 127. The summed E-state index contributed by atoms with van der Waals surface area (Å²) in [5, 5.41) is 13.9. The molecule has 184 valence electrons. The summed E-state index contributed by atoms with van der Waals surface area (Å²) >= 11 is 1.68. The molecule has 11 heteroatoms. The molecule has 1 aromatic carbocycles. The van der Waals surface area contributed by atoms with E-state index in [0.29, 0.717) is 17.0 Å². The Morgan fingerprint density at radius 1 is 1.12 bits per heavy atom. The number of hydrogen-bond donors (Lipinski definition) is 3. The first-order valence-corrected chi connectivity index (χ1v) is 11.4. The molecule has 0 aromatic heterocycles. The van der Waals surface area contributed by atoms with Gasteiger partial charge in [0.25, 0.3) is 0 Å². The van der Waals surface area contributed by atoms with Crippen molar-refractivity contribution in [1.82, 2.24) is 5.32 Å². The fourth-order valence-electron chi connectivity index (χ4n) is 2.62. The number of esters is 1. The smallest absolute Gasteiger partial charge is 0.407 e. The lowest BCUT2D eigenvalue weighted by molar-refractivity contribution is -0.145. The zero-order valence-corrected chi connectivity index (χ0v) is 21.4. The normalized spacial score (nSPS) is 11.8. The largest absolute Gasteiger partial charge is 0.481 e. The molecule has 2 amide bonds. The second-order valence-electron chi connectivity index (χ2n) is 8.49. The molecule has 0 heterocycles. The van der Waals surface area contributed by atoms with Crippen LogP contribution in [0.25, 0.3) is 0 Å². The third kappa shape index (κ3) is 11.7. The summed E-state index contributed by atoms with van der Waals surface area (Å²) in [5.41, 5.74) is 0.756. The molecule has 0 aliphatic carbocycles. The van der Waals surface area contributed by atoms with Gasteiger partial charge in [0.2, 0.25) is 5.91 Å². The summed E-state index contributed by atoms with van der Waals surface area (Å²) in [5.74, 6) is -1.57. The molecule has 0 bridgehead atoms. The van der Waals surface area contributed by atoms with E-state index in [-0.39, 0.29) is 50.2 Å². The first-order chi connectivity index (χ1) is 15.4. The molecule has 0 aliphatic rings. The predicted molar refractivity (Wildman–Crippen MR) is 129 cm³/mol. The number of amides is 2. The molecule has 1 rings (SSSR count). The Hall–Kier alpha value is -2.57. The molecule has 0 radical (unpaired) electrons. The van der Waals surface area contributed by atoms with Crippen LogP contribution in [0, 0.1) is 5.41 Å². The third-order valence-corrected chi connectivity index (χ3v) is 4.61. The first-order valence-electron chi connectivity index (χ1n) is 10.5. The Bertz CT molecular complexity index is 838. The van der Waals surface area contributed by atoms with E-state index in [1.807, 2.05) is 20.8 Å². The zero-order chi connectivity index (χ0) is 25.0. The van der Waals surface area contributed by atoms with Gasteiger partial charge in [0.05, 0.1) is 18.9 Å². The van der Waals surface area contributed by atoms with Crippen LogP contribution in [0.4, 0.5) is 10.5 Å². The highest BCUT2D eigenvalue weighted by molar-refractivity contribution is 14.1. The van der Waals surface area contributed by atoms with Crippen molar-refractivity contribution in [2.45, 2.75) is 59.4 Å². The van der Waals surface area contributed by atoms with Gasteiger partial charge in [-0.25, -0.2) is 9.59 Å². The van der Waals surface area contributed by atoms with E-state index in [1.54, 1.807) is 48.1 Å². The number of nitrogens with one attached hydrogen (secondary N) is 2. The molecule has 1 aromatic rings. The molecular weight excluding hydrogens is 547 g/mol. The Morgan fingerprint density at radius 3 is 2.39 bits per heavy atom. The van der Waals surface area contributed by atoms with Gasteiger partial charge in [-0.3, -0.25) is 9.59 Å². The molecule has 10 nitrogen and oxygen atoms in total. The molecule has 0 saturated carbocycles. The number of carboxylic acids is 1. The average Bonchev–Trinajstić information content (AvgIpc) is 2.71. The molecule has 0 unspecified atom stereocenters. The number of benzene rings is 1. The summed E-state index contributed by atoms with van der Waals surface area (Å²) in [6.07, 6.45) is -0.521. The van der Waals surface area contributed by atoms with E-state index in [0.717, 1.165) is 0 Å². The molecule has 0 saturated heterocycles. The van der Waals surface area contributed by atoms with Crippen LogP contribution in [0.2, 0.25) is 0 Å². The quantitative estimate of drug-likeness (QED) is 0.251. The minimum atomic E-state index is -0.997. The average molecular weight is 578 g/mol. The number of carbonyl (C=O) groups excluding carboxylic acids is 3. The third-order valence-electron chi connectivity index (χ3n) is 4.13. The second-order valence-corrected chi connectivity index (χ2v) is 8.93. The Balaban J connectivity index is 2.94. The second kappa shape index (κ2) is 13.9. The Kier molecular flexibility index (Phi) is 12.0. The maximum atomic E-state index is 12.4. The van der Waals surface area contributed by atoms with Gasteiger partial charge < -0.3 is 28.3 Å². The van der Waals surface area contributed by atoms with Crippen LogP contribution in [-0.2, 0) is 30.3 Å². The topological polar surface area (TPSA) is 140 Å². The van der Waals surface area contributed by atoms with Crippen LogP contribution in [0.5, 0.6) is 5.75 Å². The van der Waals surface area contributed by atoms with Crippen molar-refractivity contribution >= 4 is 52.6 Å². The fourth-order valence-corrected chi connectivity index (χ4v) is 3.00. The number of alkyl carbamates (subject to hydrolysis) is 1. The number of ether oxygens (including phenoxy) is 2. The van der Waals surface area contributed by atoms with Crippen molar-refractivity contribution in [1.29, 1.82) is 0 Å². The Labute approximate surface area is 207 Å². The van der Waals surface area contributed by atoms with Gasteiger partial charge >= 0.3 is 18.0 Å². The standard InChI is InChI=1S/C22H31IN2O8/c1-5-31-20(29)16(25-21(30)32-13-22(2,3)4)12-14-9-10-17(33-23)15(11-14)24-18(26)7-6-8-19(27)28/h9-11,16H,5-8,12-13H2,1-4H3,(H,24,26)(H,25,30)(H,27,28)/t16-/m0/s1. The van der Waals surface area contributed by atoms with Gasteiger partial charge in [0, 0.05) is 19.3 Å². The lowest BCUT2D eigenvalue weighted by Crippen LogP contribution is -2.44. The highest BCUT2D eigenvalue weighted by Gasteiger charge is 2.25. The maximum absolute atomic E-state index is 12.4. The van der Waals surface area contributed by atoms with E-state index >= 15 is 0 Å². The van der Waals surface area contributed by atoms with Crippen LogP contribution in [0.15, 0.2) is 18.2 Å². The van der Waals surface area contributed by atoms with E-state index in [1.165, 1.54) is 0 Å². The number of rotatable bonds is 12. The summed E-state index contributed by atoms with van der Waals surface area (Å²) in [6.45, 7) is 7.73. The first kappa shape index (κ1) is 28.5. The SMILES string of the molecule is CCOC(=O)[C@H](Cc1ccc(OI)c(NC(=O)CCCC(=O)O)c1)NC(=O)OCC(C)(C)C. The maximum Gasteiger partial charge on any atom is 0.407 e. The van der Waals surface area contributed by atoms with Gasteiger partial charge in [0.1, 0.15) is 6.04 Å². The van der Waals surface area contributed by atoms with Crippen LogP contribution in [0.3, 0.4) is 0 Å². The molecule has 3 N–H and O–H groups in total. The molecule has 33 heavy (non-hydrogen) atoms. The molecule has 1 atom stereocenters. The van der Waals surface area contributed by atoms with Crippen molar-refractivity contribution < 1.29 is 36.8 Å². The fraction of sp³-hybridized carbons (Fsp3) is 0.545. The summed E-state index contributed by atoms with van der Waals surface area (Å²) < 4.78 is 15.5. The predicted octanol–water partition coefficient (Wildman–Crippen LogP) is 3.86. The highest BCUT2D eigenvalue weighted by Crippen LogP contribution is 2.28. The van der Waals surface area contributed by atoms with Gasteiger partial charge in [-0.2, -0.15) is 0 Å². The van der Waals surface area contributed by atoms with Crippen molar-refractivity contribution in [2.24, 2.45) is 5.41 Å². The van der Waals surface area contributed by atoms with Crippen LogP contribution in [0.1, 0.15) is 52.5 Å². The van der Waals surface area contributed by atoms with Crippen molar-refractivity contribution in [2.75, 3.05) is 18.5 Å². The van der Waals surface area contributed by atoms with Crippen molar-refractivity contribution in [3.05, 3.63) is 23.8 Å². The van der Waals surface area contributed by atoms with Crippen LogP contribution in [-0.4, -0.2) is 48.3 Å². The molecule has 0 spiro atoms. The van der Waals surface area contributed by atoms with Crippen molar-refractivity contribution in [3.8, 4) is 5.75 Å². The van der Waals surface area contributed by atoms with E-state index in [9.17, 15) is 19.2 Å². The number of hydrogen-bond acceptors (Lipinski definition) is 7. The van der Waals surface area contributed by atoms with Crippen LogP contribution >= 0.6 is 23.0 Å². The molecule has 0 fully saturated rings. The lowest BCUT2D eigenvalue weighted by atomic mass is 9.99. The number of carboxylic acid groups (broad SMARTS) is 1. The van der Waals surface area contributed by atoms with Gasteiger partial charge in [-0.1, -0.05) is 26.8 Å². The summed E-state index contributed by atoms with van der Waals surface area (Å²) in [6, 6.07) is 3.94. The summed E-state index contributed by atoms with van der Waals surface area (Å²) in [4.78, 5) is 47.4. The van der Waals surface area contributed by atoms with Gasteiger partial charge in [0.15, 0.2) is 28.8 Å². The zero-order valence-electron chi connectivity index (χ0n) is 19.2. The molecular formula is C22H31IN2O8. The lowest BCUT2D eigenvalue weighted by Gasteiger charge is -2.21. The van der Waals surface area contributed by atoms with E-state index < -0.39 is 24.1 Å². The van der Waals surface area contributed by atoms with Crippen LogP contribution < -0.4 is 13.7 Å². The summed E-state index contributed by atoms with van der Waals surface area (Å²) in [7, 11) is 0. The number of carbonyl (C=O) groups is 4. The monoisotopic (exact) mass is 578 g/mol.